The lowest BCUT2D eigenvalue weighted by Crippen LogP contribution is -2.18. The average molecular weight is 266 g/mol. The Kier molecular flexibility index (Phi) is 7.11. The predicted molar refractivity (Wildman–Crippen MR) is 72.7 cm³/mol. The molecule has 1 aliphatic heterocycles. The minimum atomic E-state index is -0.661. The van der Waals surface area contributed by atoms with Crippen LogP contribution in [0.2, 0.25) is 0 Å². The Balaban J connectivity index is 2.15. The van der Waals surface area contributed by atoms with E-state index in [4.69, 9.17) is 9.47 Å². The lowest BCUT2D eigenvalue weighted by Gasteiger charge is -1.98. The number of ketones is 1. The predicted octanol–water partition coefficient (Wildman–Crippen LogP) is 2.58. The topological polar surface area (TPSA) is 55.9 Å². The summed E-state index contributed by atoms with van der Waals surface area (Å²) >= 11 is 0. The van der Waals surface area contributed by atoms with Gasteiger partial charge < -0.3 is 9.47 Å². The van der Waals surface area contributed by atoms with E-state index in [0.29, 0.717) is 19.4 Å². The van der Waals surface area contributed by atoms with Crippen molar-refractivity contribution in [3.05, 3.63) is 24.3 Å². The zero-order valence-corrected chi connectivity index (χ0v) is 11.6. The zero-order chi connectivity index (χ0) is 14.1. The Morgan fingerprint density at radius 2 is 2.00 bits per heavy atom. The van der Waals surface area contributed by atoms with E-state index in [1.807, 2.05) is 38.2 Å². The van der Waals surface area contributed by atoms with Crippen molar-refractivity contribution in [1.82, 2.24) is 0 Å². The molecule has 19 heavy (non-hydrogen) atoms. The summed E-state index contributed by atoms with van der Waals surface area (Å²) in [5, 5.41) is 0. The maximum absolute atomic E-state index is 11.7. The molecule has 4 heteroatoms. The molecule has 2 atom stereocenters. The molecule has 1 fully saturated rings. The maximum Gasteiger partial charge on any atom is 0.338 e. The summed E-state index contributed by atoms with van der Waals surface area (Å²) in [6.07, 6.45) is 9.55. The van der Waals surface area contributed by atoms with Crippen molar-refractivity contribution < 1.29 is 19.1 Å². The number of carbonyl (C=O) groups excluding carboxylic acids is 2. The Hall–Kier alpha value is -1.42. The fourth-order valence-electron chi connectivity index (χ4n) is 1.62. The van der Waals surface area contributed by atoms with Crippen molar-refractivity contribution in [2.45, 2.75) is 51.7 Å². The standard InChI is InChI=1S/C15H22O4/c1-3-5-6-7-8-9-10-12(16)13-14(19-13)15(17)18-11-4-2/h3,5,7-8,13-14H,4,6,9-11H2,1-2H3/b5-3+,8-7+. The Labute approximate surface area is 114 Å². The van der Waals surface area contributed by atoms with Gasteiger partial charge in [-0.05, 0) is 26.2 Å². The largest absolute Gasteiger partial charge is 0.464 e. The fraction of sp³-hybridized carbons (Fsp3) is 0.600. The quantitative estimate of drug-likeness (QED) is 0.365. The van der Waals surface area contributed by atoms with Crippen LogP contribution in [0, 0.1) is 0 Å². The lowest BCUT2D eigenvalue weighted by atomic mass is 10.1. The molecule has 0 aromatic heterocycles. The second kappa shape index (κ2) is 8.64. The second-order valence-electron chi connectivity index (χ2n) is 4.43. The van der Waals surface area contributed by atoms with Gasteiger partial charge in [0, 0.05) is 6.42 Å². The highest BCUT2D eigenvalue weighted by Crippen LogP contribution is 2.26. The van der Waals surface area contributed by atoms with E-state index in [0.717, 1.165) is 12.8 Å². The molecule has 0 radical (unpaired) electrons. The highest BCUT2D eigenvalue weighted by molar-refractivity contribution is 5.94. The number of allylic oxidation sites excluding steroid dienone is 4. The van der Waals surface area contributed by atoms with E-state index in [1.54, 1.807) is 0 Å². The number of rotatable bonds is 9. The first kappa shape index (κ1) is 15.6. The number of esters is 1. The van der Waals surface area contributed by atoms with Gasteiger partial charge in [0.25, 0.3) is 0 Å². The Bertz CT molecular complexity index is 357. The summed E-state index contributed by atoms with van der Waals surface area (Å²) in [4.78, 5) is 23.1. The van der Waals surface area contributed by atoms with Gasteiger partial charge in [-0.2, -0.15) is 0 Å². The molecule has 1 saturated heterocycles. The van der Waals surface area contributed by atoms with Crippen LogP contribution in [0.4, 0.5) is 0 Å². The van der Waals surface area contributed by atoms with E-state index in [-0.39, 0.29) is 5.78 Å². The van der Waals surface area contributed by atoms with Crippen LogP contribution in [-0.4, -0.2) is 30.6 Å². The van der Waals surface area contributed by atoms with E-state index in [9.17, 15) is 9.59 Å². The van der Waals surface area contributed by atoms with Gasteiger partial charge in [-0.25, -0.2) is 4.79 Å². The zero-order valence-electron chi connectivity index (χ0n) is 11.6. The molecule has 1 heterocycles. The molecule has 4 nitrogen and oxygen atoms in total. The lowest BCUT2D eigenvalue weighted by molar-refractivity contribution is -0.145. The SMILES string of the molecule is C/C=C/C/C=C/CCC(=O)C1OC1C(=O)OCCC. The molecule has 1 aliphatic rings. The summed E-state index contributed by atoms with van der Waals surface area (Å²) < 4.78 is 10.0. The number of epoxide rings is 1. The molecular weight excluding hydrogens is 244 g/mol. The van der Waals surface area contributed by atoms with Crippen molar-refractivity contribution >= 4 is 11.8 Å². The van der Waals surface area contributed by atoms with E-state index in [1.165, 1.54) is 0 Å². The molecule has 0 amide bonds. The van der Waals surface area contributed by atoms with Gasteiger partial charge in [0.1, 0.15) is 0 Å². The third-order valence-electron chi connectivity index (χ3n) is 2.72. The summed E-state index contributed by atoms with van der Waals surface area (Å²) in [5.74, 6) is -0.432. The van der Waals surface area contributed by atoms with Crippen molar-refractivity contribution in [1.29, 1.82) is 0 Å². The minimum absolute atomic E-state index is 0.0193. The van der Waals surface area contributed by atoms with Crippen LogP contribution in [0.1, 0.15) is 39.5 Å². The fourth-order valence-corrected chi connectivity index (χ4v) is 1.62. The first-order valence-corrected chi connectivity index (χ1v) is 6.81. The first-order valence-electron chi connectivity index (χ1n) is 6.81. The van der Waals surface area contributed by atoms with Crippen LogP contribution < -0.4 is 0 Å². The Morgan fingerprint density at radius 1 is 1.21 bits per heavy atom. The van der Waals surface area contributed by atoms with Crippen LogP contribution in [0.3, 0.4) is 0 Å². The van der Waals surface area contributed by atoms with Gasteiger partial charge >= 0.3 is 5.97 Å². The van der Waals surface area contributed by atoms with Crippen LogP contribution >= 0.6 is 0 Å². The molecule has 0 N–H and O–H groups in total. The van der Waals surface area contributed by atoms with E-state index in [2.05, 4.69) is 0 Å². The number of carbonyl (C=O) groups is 2. The molecule has 0 spiro atoms. The number of hydrogen-bond donors (Lipinski definition) is 0. The summed E-state index contributed by atoms with van der Waals surface area (Å²) in [7, 11) is 0. The van der Waals surface area contributed by atoms with Gasteiger partial charge in [0.2, 0.25) is 0 Å². The normalized spacial score (nSPS) is 22.0. The first-order chi connectivity index (χ1) is 9.20. The third kappa shape index (κ3) is 5.83. The van der Waals surface area contributed by atoms with Crippen molar-refractivity contribution in [3.63, 3.8) is 0 Å². The molecule has 0 aromatic carbocycles. The highest BCUT2D eigenvalue weighted by atomic mass is 16.6. The van der Waals surface area contributed by atoms with Gasteiger partial charge in [0.05, 0.1) is 6.61 Å². The van der Waals surface area contributed by atoms with Gasteiger partial charge in [-0.1, -0.05) is 31.2 Å². The Morgan fingerprint density at radius 3 is 2.68 bits per heavy atom. The third-order valence-corrected chi connectivity index (χ3v) is 2.72. The van der Waals surface area contributed by atoms with Crippen LogP contribution in [0.15, 0.2) is 24.3 Å². The minimum Gasteiger partial charge on any atom is -0.464 e. The van der Waals surface area contributed by atoms with Crippen LogP contribution in [-0.2, 0) is 19.1 Å². The van der Waals surface area contributed by atoms with Crippen LogP contribution in [0.25, 0.3) is 0 Å². The number of Topliss-reactive ketones (excluding diaryl/α,β-unsaturated/α-hetero) is 1. The van der Waals surface area contributed by atoms with E-state index < -0.39 is 18.2 Å². The molecular formula is C15H22O4. The van der Waals surface area contributed by atoms with Gasteiger partial charge in [0.15, 0.2) is 18.0 Å². The summed E-state index contributed by atoms with van der Waals surface area (Å²) in [5.41, 5.74) is 0. The van der Waals surface area contributed by atoms with Crippen molar-refractivity contribution in [2.75, 3.05) is 6.61 Å². The van der Waals surface area contributed by atoms with Gasteiger partial charge in [-0.3, -0.25) is 4.79 Å². The molecule has 1 rings (SSSR count). The molecule has 0 aromatic rings. The van der Waals surface area contributed by atoms with Crippen molar-refractivity contribution in [3.8, 4) is 0 Å². The molecule has 2 unspecified atom stereocenters. The summed E-state index contributed by atoms with van der Waals surface area (Å²) in [6, 6.07) is 0. The highest BCUT2D eigenvalue weighted by Gasteiger charge is 2.50. The second-order valence-corrected chi connectivity index (χ2v) is 4.43. The molecule has 0 saturated carbocycles. The van der Waals surface area contributed by atoms with Crippen molar-refractivity contribution in [2.24, 2.45) is 0 Å². The molecule has 0 aliphatic carbocycles. The molecule has 0 bridgehead atoms. The maximum atomic E-state index is 11.7. The monoisotopic (exact) mass is 266 g/mol. The number of hydrogen-bond acceptors (Lipinski definition) is 4. The molecule has 106 valence electrons. The average Bonchev–Trinajstić information content (AvgIpc) is 3.20. The van der Waals surface area contributed by atoms with Gasteiger partial charge in [-0.15, -0.1) is 0 Å². The van der Waals surface area contributed by atoms with E-state index >= 15 is 0 Å². The summed E-state index contributed by atoms with van der Waals surface area (Å²) in [6.45, 7) is 4.27. The smallest absolute Gasteiger partial charge is 0.338 e. The number of ether oxygens (including phenoxy) is 2. The van der Waals surface area contributed by atoms with Crippen LogP contribution in [0.5, 0.6) is 0 Å².